The molecule has 4 rings (SSSR count). The normalized spacial score (nSPS) is 23.6. The molecule has 0 N–H and O–H groups in total. The zero-order valence-corrected chi connectivity index (χ0v) is 14.3. The lowest BCUT2D eigenvalue weighted by atomic mass is 10.1. The summed E-state index contributed by atoms with van der Waals surface area (Å²) in [4.78, 5) is 17.0. The number of carbonyl (C=O) groups is 1. The number of furan rings is 1. The number of morpholine rings is 1. The Morgan fingerprint density at radius 1 is 1.12 bits per heavy atom. The minimum Gasteiger partial charge on any atom is -0.469 e. The van der Waals surface area contributed by atoms with Crippen LogP contribution in [0.2, 0.25) is 0 Å². The first-order chi connectivity index (χ1) is 12.3. The van der Waals surface area contributed by atoms with E-state index in [2.05, 4.69) is 29.2 Å². The van der Waals surface area contributed by atoms with Gasteiger partial charge in [0.1, 0.15) is 5.76 Å². The Morgan fingerprint density at radius 3 is 2.80 bits per heavy atom. The lowest BCUT2D eigenvalue weighted by Crippen LogP contribution is -2.50. The fourth-order valence-corrected chi connectivity index (χ4v) is 3.82. The van der Waals surface area contributed by atoms with Gasteiger partial charge in [0.15, 0.2) is 0 Å². The van der Waals surface area contributed by atoms with Crippen molar-refractivity contribution in [2.45, 2.75) is 31.5 Å². The van der Waals surface area contributed by atoms with Gasteiger partial charge in [0, 0.05) is 39.0 Å². The van der Waals surface area contributed by atoms with Crippen molar-refractivity contribution in [2.75, 3.05) is 26.2 Å². The van der Waals surface area contributed by atoms with Gasteiger partial charge in [-0.3, -0.25) is 9.69 Å². The Bertz CT molecular complexity index is 686. The molecule has 0 bridgehead atoms. The summed E-state index contributed by atoms with van der Waals surface area (Å²) >= 11 is 0. The molecule has 0 unspecified atom stereocenters. The molecule has 2 aliphatic heterocycles. The van der Waals surface area contributed by atoms with E-state index in [1.54, 1.807) is 6.26 Å². The van der Waals surface area contributed by atoms with E-state index >= 15 is 0 Å². The predicted octanol–water partition coefficient (Wildman–Crippen LogP) is 2.32. The lowest BCUT2D eigenvalue weighted by Gasteiger charge is -2.36. The van der Waals surface area contributed by atoms with E-state index in [0.29, 0.717) is 25.4 Å². The van der Waals surface area contributed by atoms with Crippen LogP contribution in [0.5, 0.6) is 0 Å². The Morgan fingerprint density at radius 2 is 2.00 bits per heavy atom. The third-order valence-electron chi connectivity index (χ3n) is 5.16. The molecular formula is C20H24N2O3. The summed E-state index contributed by atoms with van der Waals surface area (Å²) in [6, 6.07) is 14.6. The molecule has 0 aliphatic carbocycles. The van der Waals surface area contributed by atoms with Gasteiger partial charge in [-0.2, -0.15) is 0 Å². The molecule has 2 aromatic rings. The first-order valence-electron chi connectivity index (χ1n) is 8.99. The second-order valence-corrected chi connectivity index (χ2v) is 6.81. The van der Waals surface area contributed by atoms with E-state index < -0.39 is 0 Å². The highest BCUT2D eigenvalue weighted by Crippen LogP contribution is 2.25. The van der Waals surface area contributed by atoms with Crippen LogP contribution in [0.1, 0.15) is 17.7 Å². The largest absolute Gasteiger partial charge is 0.469 e. The predicted molar refractivity (Wildman–Crippen MR) is 94.0 cm³/mol. The number of benzene rings is 1. The molecule has 25 heavy (non-hydrogen) atoms. The molecule has 5 nitrogen and oxygen atoms in total. The fourth-order valence-electron chi connectivity index (χ4n) is 3.82. The molecule has 2 aliphatic rings. The van der Waals surface area contributed by atoms with E-state index in [9.17, 15) is 4.79 Å². The highest BCUT2D eigenvalue weighted by molar-refractivity contribution is 5.76. The first-order valence-corrected chi connectivity index (χ1v) is 8.99. The minimum absolute atomic E-state index is 0.130. The highest BCUT2D eigenvalue weighted by atomic mass is 16.5. The van der Waals surface area contributed by atoms with Crippen molar-refractivity contribution in [3.63, 3.8) is 0 Å². The molecule has 5 heteroatoms. The smallest absolute Gasteiger partial charge is 0.223 e. The quantitative estimate of drug-likeness (QED) is 0.838. The fraction of sp³-hybridized carbons (Fsp3) is 0.450. The Labute approximate surface area is 148 Å². The summed E-state index contributed by atoms with van der Waals surface area (Å²) in [5.74, 6) is 1.06. The topological polar surface area (TPSA) is 45.9 Å². The Hall–Kier alpha value is -2.11. The van der Waals surface area contributed by atoms with Crippen LogP contribution in [0, 0.1) is 0 Å². The zero-order valence-electron chi connectivity index (χ0n) is 14.3. The molecule has 2 saturated heterocycles. The number of rotatable bonds is 5. The average Bonchev–Trinajstić information content (AvgIpc) is 3.30. The maximum absolute atomic E-state index is 12.6. The van der Waals surface area contributed by atoms with E-state index in [-0.39, 0.29) is 12.0 Å². The molecule has 3 heterocycles. The van der Waals surface area contributed by atoms with Crippen molar-refractivity contribution >= 4 is 5.91 Å². The summed E-state index contributed by atoms with van der Waals surface area (Å²) in [6.45, 7) is 4.04. The number of nitrogens with zero attached hydrogens (tertiary/aromatic N) is 2. The number of hydrogen-bond acceptors (Lipinski definition) is 4. The Kier molecular flexibility index (Phi) is 4.85. The van der Waals surface area contributed by atoms with E-state index in [0.717, 1.165) is 32.0 Å². The molecule has 0 saturated carbocycles. The van der Waals surface area contributed by atoms with Crippen molar-refractivity contribution in [1.29, 1.82) is 0 Å². The standard InChI is InChI=1S/C20H24N2O3/c23-20(9-8-17-7-4-11-24-17)22-14-18-19(15-22)25-12-10-21(18)13-16-5-2-1-3-6-16/h1-7,11,18-19H,8-10,12-15H2/t18-,19-/m1/s1. The summed E-state index contributed by atoms with van der Waals surface area (Å²) in [5, 5.41) is 0. The van der Waals surface area contributed by atoms with Gasteiger partial charge in [0.25, 0.3) is 0 Å². The van der Waals surface area contributed by atoms with Gasteiger partial charge in [-0.25, -0.2) is 0 Å². The summed E-state index contributed by atoms with van der Waals surface area (Å²) in [5.41, 5.74) is 1.31. The second kappa shape index (κ2) is 7.42. The lowest BCUT2D eigenvalue weighted by molar-refractivity contribution is -0.130. The minimum atomic E-state index is 0.130. The van der Waals surface area contributed by atoms with Crippen LogP contribution in [0.25, 0.3) is 0 Å². The van der Waals surface area contributed by atoms with Crippen molar-refractivity contribution in [3.05, 3.63) is 60.1 Å². The van der Waals surface area contributed by atoms with Gasteiger partial charge >= 0.3 is 0 Å². The van der Waals surface area contributed by atoms with Crippen LogP contribution in [0.15, 0.2) is 53.1 Å². The van der Waals surface area contributed by atoms with E-state index in [1.807, 2.05) is 23.1 Å². The molecule has 2 fully saturated rings. The van der Waals surface area contributed by atoms with Crippen LogP contribution in [0.4, 0.5) is 0 Å². The maximum atomic E-state index is 12.6. The zero-order chi connectivity index (χ0) is 17.1. The third-order valence-corrected chi connectivity index (χ3v) is 5.16. The van der Waals surface area contributed by atoms with Gasteiger partial charge in [0.05, 0.1) is 25.0 Å². The molecular weight excluding hydrogens is 316 g/mol. The second-order valence-electron chi connectivity index (χ2n) is 6.81. The first kappa shape index (κ1) is 16.4. The molecule has 1 aromatic heterocycles. The van der Waals surface area contributed by atoms with Crippen molar-refractivity contribution in [1.82, 2.24) is 9.80 Å². The number of ether oxygens (including phenoxy) is 1. The molecule has 132 valence electrons. The van der Waals surface area contributed by atoms with Gasteiger partial charge in [-0.15, -0.1) is 0 Å². The van der Waals surface area contributed by atoms with Gasteiger partial charge in [0.2, 0.25) is 5.91 Å². The number of amides is 1. The number of hydrogen-bond donors (Lipinski definition) is 0. The monoisotopic (exact) mass is 340 g/mol. The SMILES string of the molecule is O=C(CCc1ccco1)N1C[C@@H]2[C@@H](C1)OCCN2Cc1ccccc1. The van der Waals surface area contributed by atoms with Crippen LogP contribution in [-0.2, 0) is 22.5 Å². The van der Waals surface area contributed by atoms with Gasteiger partial charge < -0.3 is 14.1 Å². The third kappa shape index (κ3) is 3.78. The van der Waals surface area contributed by atoms with Gasteiger partial charge in [-0.05, 0) is 17.7 Å². The summed E-state index contributed by atoms with van der Waals surface area (Å²) in [6.07, 6.45) is 2.93. The number of likely N-dealkylation sites (tertiary alicyclic amines) is 1. The van der Waals surface area contributed by atoms with E-state index in [4.69, 9.17) is 9.15 Å². The summed E-state index contributed by atoms with van der Waals surface area (Å²) in [7, 11) is 0. The van der Waals surface area contributed by atoms with Crippen LogP contribution < -0.4 is 0 Å². The molecule has 0 radical (unpaired) electrons. The van der Waals surface area contributed by atoms with Crippen molar-refractivity contribution < 1.29 is 13.9 Å². The summed E-state index contributed by atoms with van der Waals surface area (Å²) < 4.78 is 11.3. The number of aryl methyl sites for hydroxylation is 1. The Balaban J connectivity index is 1.36. The molecule has 0 spiro atoms. The molecule has 1 aromatic carbocycles. The van der Waals surface area contributed by atoms with Crippen LogP contribution in [-0.4, -0.2) is 54.1 Å². The number of carbonyl (C=O) groups excluding carboxylic acids is 1. The van der Waals surface area contributed by atoms with Crippen molar-refractivity contribution in [2.24, 2.45) is 0 Å². The van der Waals surface area contributed by atoms with Crippen molar-refractivity contribution in [3.8, 4) is 0 Å². The van der Waals surface area contributed by atoms with E-state index in [1.165, 1.54) is 5.56 Å². The molecule has 2 atom stereocenters. The van der Waals surface area contributed by atoms with Gasteiger partial charge in [-0.1, -0.05) is 30.3 Å². The highest BCUT2D eigenvalue weighted by Gasteiger charge is 2.41. The molecule has 1 amide bonds. The van der Waals surface area contributed by atoms with Crippen LogP contribution >= 0.6 is 0 Å². The number of fused-ring (bicyclic) bond motifs is 1. The van der Waals surface area contributed by atoms with Crippen LogP contribution in [0.3, 0.4) is 0 Å². The maximum Gasteiger partial charge on any atom is 0.223 e. The average molecular weight is 340 g/mol.